The van der Waals surface area contributed by atoms with Crippen LogP contribution < -0.4 is 5.32 Å². The van der Waals surface area contributed by atoms with E-state index in [-0.39, 0.29) is 22.0 Å². The van der Waals surface area contributed by atoms with Crippen molar-refractivity contribution in [3.8, 4) is 5.75 Å². The van der Waals surface area contributed by atoms with Crippen LogP contribution in [0.1, 0.15) is 10.4 Å². The monoisotopic (exact) mass is 283 g/mol. The minimum absolute atomic E-state index is 0.0752. The number of rotatable bonds is 2. The third-order valence-electron chi connectivity index (χ3n) is 2.37. The van der Waals surface area contributed by atoms with Gasteiger partial charge in [-0.2, -0.15) is 0 Å². The van der Waals surface area contributed by atoms with Gasteiger partial charge in [-0.05, 0) is 30.3 Å². The molecule has 0 fully saturated rings. The predicted molar refractivity (Wildman–Crippen MR) is 67.4 cm³/mol. The highest BCUT2D eigenvalue weighted by molar-refractivity contribution is 6.30. The third-order valence-corrected chi connectivity index (χ3v) is 2.68. The lowest BCUT2D eigenvalue weighted by Crippen LogP contribution is -2.13. The van der Waals surface area contributed by atoms with Crippen molar-refractivity contribution in [1.29, 1.82) is 0 Å². The van der Waals surface area contributed by atoms with Crippen molar-refractivity contribution in [2.45, 2.75) is 0 Å². The normalized spacial score (nSPS) is 10.3. The lowest BCUT2D eigenvalue weighted by molar-refractivity contribution is 0.102. The number of aromatic hydroxyl groups is 1. The average molecular weight is 284 g/mol. The lowest BCUT2D eigenvalue weighted by atomic mass is 10.2. The number of amides is 1. The summed E-state index contributed by atoms with van der Waals surface area (Å²) in [7, 11) is 0. The van der Waals surface area contributed by atoms with E-state index >= 15 is 0 Å². The minimum atomic E-state index is -0.869. The fourth-order valence-corrected chi connectivity index (χ4v) is 1.58. The molecule has 6 heteroatoms. The summed E-state index contributed by atoms with van der Waals surface area (Å²) in [4.78, 5) is 11.8. The van der Waals surface area contributed by atoms with Crippen LogP contribution in [0.25, 0.3) is 0 Å². The van der Waals surface area contributed by atoms with Crippen molar-refractivity contribution < 1.29 is 18.7 Å². The van der Waals surface area contributed by atoms with Crippen LogP contribution in [0, 0.1) is 11.6 Å². The van der Waals surface area contributed by atoms with Crippen molar-refractivity contribution in [2.75, 3.05) is 5.32 Å². The van der Waals surface area contributed by atoms with E-state index in [1.54, 1.807) is 0 Å². The van der Waals surface area contributed by atoms with E-state index < -0.39 is 17.5 Å². The summed E-state index contributed by atoms with van der Waals surface area (Å²) in [5.41, 5.74) is -0.104. The number of carbonyl (C=O) groups excluding carboxylic acids is 1. The molecule has 0 spiro atoms. The van der Waals surface area contributed by atoms with E-state index in [4.69, 9.17) is 16.7 Å². The molecule has 0 bridgehead atoms. The van der Waals surface area contributed by atoms with Gasteiger partial charge in [0.15, 0.2) is 0 Å². The second-order valence-electron chi connectivity index (χ2n) is 3.75. The minimum Gasteiger partial charge on any atom is -0.508 e. The van der Waals surface area contributed by atoms with Gasteiger partial charge in [0.1, 0.15) is 17.4 Å². The molecule has 0 saturated carbocycles. The average Bonchev–Trinajstić information content (AvgIpc) is 2.33. The fourth-order valence-electron chi connectivity index (χ4n) is 1.46. The first-order valence-corrected chi connectivity index (χ1v) is 5.60. The van der Waals surface area contributed by atoms with Gasteiger partial charge in [0.2, 0.25) is 0 Å². The summed E-state index contributed by atoms with van der Waals surface area (Å²) >= 11 is 5.50. The summed E-state index contributed by atoms with van der Waals surface area (Å²) in [6, 6.07) is 6.82. The smallest absolute Gasteiger partial charge is 0.258 e. The van der Waals surface area contributed by atoms with Gasteiger partial charge >= 0.3 is 0 Å². The Morgan fingerprint density at radius 3 is 2.47 bits per heavy atom. The second-order valence-corrected chi connectivity index (χ2v) is 4.15. The van der Waals surface area contributed by atoms with Crippen LogP contribution in [0.15, 0.2) is 36.4 Å². The molecule has 1 amide bonds. The Hall–Kier alpha value is -2.14. The number of anilines is 1. The molecule has 2 aromatic rings. The molecule has 0 saturated heterocycles. The Morgan fingerprint density at radius 2 is 1.84 bits per heavy atom. The lowest BCUT2D eigenvalue weighted by Gasteiger charge is -2.07. The zero-order valence-electron chi connectivity index (χ0n) is 9.45. The molecule has 3 nitrogen and oxygen atoms in total. The zero-order chi connectivity index (χ0) is 14.0. The standard InChI is InChI=1S/C13H8ClF2NO2/c14-10-4-1-7(5-12(10)16)17-13(19)9-3-2-8(18)6-11(9)15/h1-6,18H,(H,17,19). The van der Waals surface area contributed by atoms with Crippen LogP contribution >= 0.6 is 11.6 Å². The van der Waals surface area contributed by atoms with Crippen LogP contribution in [-0.2, 0) is 0 Å². The molecule has 0 aliphatic rings. The molecule has 2 aromatic carbocycles. The van der Waals surface area contributed by atoms with Gasteiger partial charge in [0.05, 0.1) is 10.6 Å². The van der Waals surface area contributed by atoms with Gasteiger partial charge in [0, 0.05) is 11.8 Å². The molecule has 98 valence electrons. The van der Waals surface area contributed by atoms with Crippen molar-refractivity contribution in [1.82, 2.24) is 0 Å². The molecule has 0 unspecified atom stereocenters. The largest absolute Gasteiger partial charge is 0.508 e. The number of benzene rings is 2. The van der Waals surface area contributed by atoms with E-state index in [2.05, 4.69) is 5.32 Å². The molecule has 0 aromatic heterocycles. The SMILES string of the molecule is O=C(Nc1ccc(Cl)c(F)c1)c1ccc(O)cc1F. The second kappa shape index (κ2) is 5.24. The number of hydrogen-bond acceptors (Lipinski definition) is 2. The molecule has 0 atom stereocenters. The molecule has 0 heterocycles. The van der Waals surface area contributed by atoms with Crippen molar-refractivity contribution in [2.24, 2.45) is 0 Å². The third kappa shape index (κ3) is 3.00. The van der Waals surface area contributed by atoms with Crippen LogP contribution in [0.3, 0.4) is 0 Å². The Kier molecular flexibility index (Phi) is 3.66. The Bertz CT molecular complexity index is 647. The number of phenolic OH excluding ortho intramolecular Hbond substituents is 1. The molecular weight excluding hydrogens is 276 g/mol. The van der Waals surface area contributed by atoms with E-state index in [1.165, 1.54) is 18.2 Å². The molecular formula is C13H8ClF2NO2. The summed E-state index contributed by atoms with van der Waals surface area (Å²) in [5, 5.41) is 11.3. The fraction of sp³-hybridized carbons (Fsp3) is 0. The topological polar surface area (TPSA) is 49.3 Å². The number of carbonyl (C=O) groups is 1. The molecule has 0 radical (unpaired) electrons. The van der Waals surface area contributed by atoms with E-state index in [0.29, 0.717) is 0 Å². The highest BCUT2D eigenvalue weighted by Gasteiger charge is 2.13. The van der Waals surface area contributed by atoms with E-state index in [1.807, 2.05) is 0 Å². The number of halogens is 3. The molecule has 0 aliphatic heterocycles. The quantitative estimate of drug-likeness (QED) is 0.885. The maximum absolute atomic E-state index is 13.4. The summed E-state index contributed by atoms with van der Waals surface area (Å²) in [6.07, 6.45) is 0. The van der Waals surface area contributed by atoms with Crippen LogP contribution in [0.5, 0.6) is 5.75 Å². The van der Waals surface area contributed by atoms with Gasteiger partial charge in [-0.3, -0.25) is 4.79 Å². The first-order chi connectivity index (χ1) is 8.97. The van der Waals surface area contributed by atoms with Gasteiger partial charge < -0.3 is 10.4 Å². The van der Waals surface area contributed by atoms with Crippen LogP contribution in [-0.4, -0.2) is 11.0 Å². The number of phenols is 1. The Balaban J connectivity index is 2.23. The van der Waals surface area contributed by atoms with Gasteiger partial charge in [-0.1, -0.05) is 11.6 Å². The van der Waals surface area contributed by atoms with Crippen molar-refractivity contribution in [3.63, 3.8) is 0 Å². The van der Waals surface area contributed by atoms with E-state index in [9.17, 15) is 13.6 Å². The molecule has 0 aliphatic carbocycles. The maximum Gasteiger partial charge on any atom is 0.258 e. The van der Waals surface area contributed by atoms with Gasteiger partial charge in [-0.25, -0.2) is 8.78 Å². The highest BCUT2D eigenvalue weighted by atomic mass is 35.5. The zero-order valence-corrected chi connectivity index (χ0v) is 10.2. The summed E-state index contributed by atoms with van der Waals surface area (Å²) in [6.45, 7) is 0. The maximum atomic E-state index is 13.4. The van der Waals surface area contributed by atoms with Crippen molar-refractivity contribution in [3.05, 3.63) is 58.6 Å². The Morgan fingerprint density at radius 1 is 1.11 bits per heavy atom. The summed E-state index contributed by atoms with van der Waals surface area (Å²) in [5.74, 6) is -2.59. The van der Waals surface area contributed by atoms with Gasteiger partial charge in [-0.15, -0.1) is 0 Å². The highest BCUT2D eigenvalue weighted by Crippen LogP contribution is 2.20. The predicted octanol–water partition coefficient (Wildman–Crippen LogP) is 3.58. The van der Waals surface area contributed by atoms with Crippen LogP contribution in [0.2, 0.25) is 5.02 Å². The Labute approximate surface area is 112 Å². The number of hydrogen-bond donors (Lipinski definition) is 2. The first-order valence-electron chi connectivity index (χ1n) is 5.22. The molecule has 19 heavy (non-hydrogen) atoms. The molecule has 2 N–H and O–H groups in total. The van der Waals surface area contributed by atoms with Crippen LogP contribution in [0.4, 0.5) is 14.5 Å². The number of nitrogens with one attached hydrogen (secondary N) is 1. The van der Waals surface area contributed by atoms with Crippen molar-refractivity contribution >= 4 is 23.2 Å². The van der Waals surface area contributed by atoms with Gasteiger partial charge in [0.25, 0.3) is 5.91 Å². The summed E-state index contributed by atoms with van der Waals surface area (Å²) < 4.78 is 26.6. The van der Waals surface area contributed by atoms with E-state index in [0.717, 1.165) is 18.2 Å². The molecule has 2 rings (SSSR count). The first kappa shape index (κ1) is 13.3.